The lowest BCUT2D eigenvalue weighted by molar-refractivity contribution is -0.116. The first-order valence-corrected chi connectivity index (χ1v) is 4.84. The Kier molecular flexibility index (Phi) is 2.30. The van der Waals surface area contributed by atoms with Crippen molar-refractivity contribution >= 4 is 28.3 Å². The van der Waals surface area contributed by atoms with Gasteiger partial charge >= 0.3 is 0 Å². The van der Waals surface area contributed by atoms with Gasteiger partial charge in [0.25, 0.3) is 0 Å². The number of para-hydroxylation sites is 1. The molecule has 1 aromatic heterocycles. The fraction of sp³-hybridized carbons (Fsp3) is 0.182. The molecular weight excluding hydrogens is 198 g/mol. The van der Waals surface area contributed by atoms with E-state index in [0.29, 0.717) is 0 Å². The van der Waals surface area contributed by atoms with E-state index in [1.165, 1.54) is 6.92 Å². The second-order valence-electron chi connectivity index (χ2n) is 3.26. The number of Topliss-reactive ketones (excluding diaryl/α,β-unsaturated/α-hetero) is 1. The third-order valence-corrected chi connectivity index (χ3v) is 2.79. The normalized spacial score (nSPS) is 13.0. The third-order valence-electron chi connectivity index (χ3n) is 2.25. The SMILES string of the molecule is CC(=O)C(Cl)c1c[nH]c2ccccc12. The average molecular weight is 208 g/mol. The van der Waals surface area contributed by atoms with Crippen LogP contribution in [-0.4, -0.2) is 10.8 Å². The molecule has 2 aromatic rings. The Bertz CT molecular complexity index is 475. The molecule has 1 unspecified atom stereocenters. The molecule has 0 amide bonds. The van der Waals surface area contributed by atoms with Gasteiger partial charge in [0.2, 0.25) is 0 Å². The van der Waals surface area contributed by atoms with E-state index in [1.807, 2.05) is 24.3 Å². The summed E-state index contributed by atoms with van der Waals surface area (Å²) in [5.41, 5.74) is 1.86. The summed E-state index contributed by atoms with van der Waals surface area (Å²) < 4.78 is 0. The minimum absolute atomic E-state index is 0.0311. The van der Waals surface area contributed by atoms with E-state index in [9.17, 15) is 4.79 Å². The highest BCUT2D eigenvalue weighted by Crippen LogP contribution is 2.28. The Balaban J connectivity index is 2.58. The number of benzene rings is 1. The maximum Gasteiger partial charge on any atom is 0.152 e. The number of halogens is 1. The molecule has 0 aliphatic carbocycles. The minimum atomic E-state index is -0.550. The van der Waals surface area contributed by atoms with Gasteiger partial charge in [-0.15, -0.1) is 11.6 Å². The van der Waals surface area contributed by atoms with Crippen LogP contribution >= 0.6 is 11.6 Å². The van der Waals surface area contributed by atoms with Crippen molar-refractivity contribution in [3.63, 3.8) is 0 Å². The molecule has 3 heteroatoms. The van der Waals surface area contributed by atoms with Crippen molar-refractivity contribution in [3.8, 4) is 0 Å². The molecule has 0 bridgehead atoms. The first-order valence-electron chi connectivity index (χ1n) is 4.40. The van der Waals surface area contributed by atoms with Crippen molar-refractivity contribution in [2.75, 3.05) is 0 Å². The van der Waals surface area contributed by atoms with Crippen molar-refractivity contribution < 1.29 is 4.79 Å². The van der Waals surface area contributed by atoms with Gasteiger partial charge in [-0.2, -0.15) is 0 Å². The van der Waals surface area contributed by atoms with Crippen molar-refractivity contribution in [2.45, 2.75) is 12.3 Å². The van der Waals surface area contributed by atoms with E-state index in [-0.39, 0.29) is 5.78 Å². The number of fused-ring (bicyclic) bond motifs is 1. The molecule has 2 rings (SSSR count). The number of rotatable bonds is 2. The minimum Gasteiger partial charge on any atom is -0.361 e. The Hall–Kier alpha value is -1.28. The van der Waals surface area contributed by atoms with Crippen LogP contribution in [0, 0.1) is 0 Å². The second-order valence-corrected chi connectivity index (χ2v) is 3.70. The van der Waals surface area contributed by atoms with Gasteiger partial charge in [0.15, 0.2) is 5.78 Å². The van der Waals surface area contributed by atoms with Gasteiger partial charge in [-0.3, -0.25) is 4.79 Å². The molecule has 14 heavy (non-hydrogen) atoms. The molecular formula is C11H10ClNO. The number of H-pyrrole nitrogens is 1. The van der Waals surface area contributed by atoms with Gasteiger partial charge in [-0.25, -0.2) is 0 Å². The number of hydrogen-bond donors (Lipinski definition) is 1. The van der Waals surface area contributed by atoms with Crippen molar-refractivity contribution in [3.05, 3.63) is 36.0 Å². The molecule has 72 valence electrons. The summed E-state index contributed by atoms with van der Waals surface area (Å²) in [6.07, 6.45) is 1.80. The molecule has 2 nitrogen and oxygen atoms in total. The van der Waals surface area contributed by atoms with Gasteiger partial charge in [0.05, 0.1) is 0 Å². The lowest BCUT2D eigenvalue weighted by atomic mass is 10.1. The first-order chi connectivity index (χ1) is 6.70. The average Bonchev–Trinajstić information content (AvgIpc) is 2.60. The number of hydrogen-bond acceptors (Lipinski definition) is 1. The zero-order valence-corrected chi connectivity index (χ0v) is 8.51. The van der Waals surface area contributed by atoms with E-state index >= 15 is 0 Å². The largest absolute Gasteiger partial charge is 0.361 e. The van der Waals surface area contributed by atoms with Crippen molar-refractivity contribution in [2.24, 2.45) is 0 Å². The number of aromatic nitrogens is 1. The van der Waals surface area contributed by atoms with Gasteiger partial charge < -0.3 is 4.98 Å². The van der Waals surface area contributed by atoms with Gasteiger partial charge in [0.1, 0.15) is 5.38 Å². The van der Waals surface area contributed by atoms with E-state index in [0.717, 1.165) is 16.5 Å². The van der Waals surface area contributed by atoms with E-state index in [2.05, 4.69) is 4.98 Å². The Morgan fingerprint density at radius 3 is 2.86 bits per heavy atom. The van der Waals surface area contributed by atoms with Crippen LogP contribution in [0.2, 0.25) is 0 Å². The molecule has 0 radical (unpaired) electrons. The maximum absolute atomic E-state index is 11.1. The molecule has 1 heterocycles. The summed E-state index contributed by atoms with van der Waals surface area (Å²) in [5, 5.41) is 0.467. The van der Waals surface area contributed by atoms with Crippen LogP contribution in [0.3, 0.4) is 0 Å². The topological polar surface area (TPSA) is 32.9 Å². The zero-order valence-electron chi connectivity index (χ0n) is 7.75. The van der Waals surface area contributed by atoms with Crippen LogP contribution in [0.1, 0.15) is 17.9 Å². The molecule has 0 aliphatic rings. The van der Waals surface area contributed by atoms with Gasteiger partial charge in [-0.05, 0) is 13.0 Å². The Labute approximate surface area is 86.9 Å². The third kappa shape index (κ3) is 1.42. The summed E-state index contributed by atoms with van der Waals surface area (Å²) in [6.45, 7) is 1.50. The number of nitrogens with one attached hydrogen (secondary N) is 1. The fourth-order valence-corrected chi connectivity index (χ4v) is 1.70. The summed E-state index contributed by atoms with van der Waals surface area (Å²) >= 11 is 5.99. The molecule has 0 saturated carbocycles. The van der Waals surface area contributed by atoms with Crippen molar-refractivity contribution in [1.82, 2.24) is 4.98 Å². The van der Waals surface area contributed by atoms with E-state index in [4.69, 9.17) is 11.6 Å². The Morgan fingerprint density at radius 1 is 1.43 bits per heavy atom. The molecule has 0 spiro atoms. The predicted octanol–water partition coefficient (Wildman–Crippen LogP) is 3.04. The van der Waals surface area contributed by atoms with Crippen LogP contribution < -0.4 is 0 Å². The highest BCUT2D eigenvalue weighted by molar-refractivity contribution is 6.31. The summed E-state index contributed by atoms with van der Waals surface area (Å²) in [4.78, 5) is 14.2. The van der Waals surface area contributed by atoms with Crippen LogP contribution in [0.4, 0.5) is 0 Å². The van der Waals surface area contributed by atoms with Crippen LogP contribution in [0.15, 0.2) is 30.5 Å². The number of carbonyl (C=O) groups is 1. The standard InChI is InChI=1S/C11H10ClNO/c1-7(14)11(12)9-6-13-10-5-3-2-4-8(9)10/h2-6,11,13H,1H3. The number of carbonyl (C=O) groups excluding carboxylic acids is 1. The lowest BCUT2D eigenvalue weighted by Crippen LogP contribution is -2.00. The molecule has 1 N–H and O–H groups in total. The molecule has 1 aromatic carbocycles. The lowest BCUT2D eigenvalue weighted by Gasteiger charge is -2.02. The summed E-state index contributed by atoms with van der Waals surface area (Å²) in [5.74, 6) is -0.0311. The zero-order chi connectivity index (χ0) is 10.1. The molecule has 0 aliphatic heterocycles. The monoisotopic (exact) mass is 207 g/mol. The second kappa shape index (κ2) is 3.46. The highest BCUT2D eigenvalue weighted by atomic mass is 35.5. The smallest absolute Gasteiger partial charge is 0.152 e. The fourth-order valence-electron chi connectivity index (χ4n) is 1.52. The first kappa shape index (κ1) is 9.28. The van der Waals surface area contributed by atoms with Crippen LogP contribution in [0.5, 0.6) is 0 Å². The summed E-state index contributed by atoms with van der Waals surface area (Å²) in [6, 6.07) is 7.80. The van der Waals surface area contributed by atoms with E-state index < -0.39 is 5.38 Å². The van der Waals surface area contributed by atoms with Crippen molar-refractivity contribution in [1.29, 1.82) is 0 Å². The Morgan fingerprint density at radius 2 is 2.14 bits per heavy atom. The van der Waals surface area contributed by atoms with E-state index in [1.54, 1.807) is 6.20 Å². The molecule has 0 saturated heterocycles. The molecule has 1 atom stereocenters. The van der Waals surface area contributed by atoms with Gasteiger partial charge in [-0.1, -0.05) is 18.2 Å². The van der Waals surface area contributed by atoms with Crippen LogP contribution in [-0.2, 0) is 4.79 Å². The number of ketones is 1. The van der Waals surface area contributed by atoms with Gasteiger partial charge in [0, 0.05) is 22.7 Å². The summed E-state index contributed by atoms with van der Waals surface area (Å²) in [7, 11) is 0. The highest BCUT2D eigenvalue weighted by Gasteiger charge is 2.16. The quantitative estimate of drug-likeness (QED) is 0.755. The maximum atomic E-state index is 11.1. The number of aromatic amines is 1. The number of alkyl halides is 1. The molecule has 0 fully saturated rings. The predicted molar refractivity (Wildman–Crippen MR) is 57.6 cm³/mol. The van der Waals surface area contributed by atoms with Crippen LogP contribution in [0.25, 0.3) is 10.9 Å².